The van der Waals surface area contributed by atoms with Crippen molar-refractivity contribution >= 4 is 91.2 Å². The zero-order valence-corrected chi connectivity index (χ0v) is 21.0. The summed E-state index contributed by atoms with van der Waals surface area (Å²) in [6, 6.07) is 0. The van der Waals surface area contributed by atoms with E-state index in [-0.39, 0.29) is 30.9 Å². The Morgan fingerprint density at radius 3 is 1.56 bits per heavy atom. The molecule has 3 amide bonds. The first kappa shape index (κ1) is 24.8. The van der Waals surface area contributed by atoms with Gasteiger partial charge in [0.05, 0.1) is 24.0 Å². The van der Waals surface area contributed by atoms with Gasteiger partial charge in [0.1, 0.15) is 0 Å². The van der Waals surface area contributed by atoms with Gasteiger partial charge in [-0.2, -0.15) is 0 Å². The highest BCUT2D eigenvalue weighted by Crippen LogP contribution is 2.35. The first-order valence-corrected chi connectivity index (χ1v) is 11.3. The van der Waals surface area contributed by atoms with Gasteiger partial charge in [0.25, 0.3) is 11.8 Å². The number of hydrogen-bond donors (Lipinski definition) is 5. The molecule has 0 aliphatic rings. The van der Waals surface area contributed by atoms with Crippen molar-refractivity contribution in [2.45, 2.75) is 19.8 Å². The monoisotopic (exact) mass is 715 g/mol. The van der Waals surface area contributed by atoms with Gasteiger partial charge in [0, 0.05) is 36.8 Å². The topological polar surface area (TPSA) is 128 Å². The normalized spacial score (nSPS) is 10.4. The first-order valence-electron chi connectivity index (χ1n) is 8.02. The molecular formula is C16H20I3N3O5. The summed E-state index contributed by atoms with van der Waals surface area (Å²) in [5.41, 5.74) is 1.000. The summed E-state index contributed by atoms with van der Waals surface area (Å²) in [6.45, 7) is 1.85. The molecular weight excluding hydrogens is 695 g/mol. The predicted octanol–water partition coefficient (Wildman–Crippen LogP) is 1.68. The van der Waals surface area contributed by atoms with E-state index in [2.05, 4.69) is 16.0 Å². The highest BCUT2D eigenvalue weighted by Gasteiger charge is 2.28. The van der Waals surface area contributed by atoms with Crippen molar-refractivity contribution < 1.29 is 24.6 Å². The van der Waals surface area contributed by atoms with Crippen molar-refractivity contribution in [1.82, 2.24) is 10.6 Å². The second-order valence-electron chi connectivity index (χ2n) is 5.41. The Kier molecular flexibility index (Phi) is 11.3. The number of amides is 3. The van der Waals surface area contributed by atoms with Gasteiger partial charge in [0.15, 0.2) is 0 Å². The molecule has 1 aromatic carbocycles. The number of halogens is 3. The van der Waals surface area contributed by atoms with Crippen LogP contribution < -0.4 is 16.0 Å². The maximum absolute atomic E-state index is 12.7. The highest BCUT2D eigenvalue weighted by atomic mass is 127. The number of hydrogen-bond acceptors (Lipinski definition) is 5. The number of anilines is 1. The van der Waals surface area contributed by atoms with Crippen LogP contribution in [0.2, 0.25) is 0 Å². The van der Waals surface area contributed by atoms with E-state index >= 15 is 0 Å². The number of aliphatic hydroxyl groups is 2. The van der Waals surface area contributed by atoms with Gasteiger partial charge >= 0.3 is 0 Å². The maximum Gasteiger partial charge on any atom is 0.253 e. The fourth-order valence-corrected chi connectivity index (χ4v) is 6.50. The molecule has 0 radical (unpaired) electrons. The summed E-state index contributed by atoms with van der Waals surface area (Å²) in [5.74, 6) is -1.08. The fourth-order valence-electron chi connectivity index (χ4n) is 2.09. The molecule has 11 heteroatoms. The van der Waals surface area contributed by atoms with Gasteiger partial charge in [-0.3, -0.25) is 14.4 Å². The largest absolute Gasteiger partial charge is 0.396 e. The van der Waals surface area contributed by atoms with Crippen molar-refractivity contribution in [3.8, 4) is 0 Å². The Labute approximate surface area is 198 Å². The molecule has 1 rings (SSSR count). The number of carbonyl (C=O) groups is 3. The third-order valence-corrected chi connectivity index (χ3v) is 6.55. The van der Waals surface area contributed by atoms with Crippen molar-refractivity contribution in [1.29, 1.82) is 0 Å². The van der Waals surface area contributed by atoms with Crippen LogP contribution in [0.4, 0.5) is 5.69 Å². The summed E-state index contributed by atoms with van der Waals surface area (Å²) < 4.78 is 1.54. The molecule has 0 spiro atoms. The van der Waals surface area contributed by atoms with Crippen LogP contribution in [0, 0.1) is 10.7 Å². The molecule has 0 fully saturated rings. The summed E-state index contributed by atoms with van der Waals surface area (Å²) in [7, 11) is 0. The molecule has 27 heavy (non-hydrogen) atoms. The smallest absolute Gasteiger partial charge is 0.253 e. The first-order chi connectivity index (χ1) is 12.8. The fraction of sp³-hybridized carbons (Fsp3) is 0.438. The molecule has 0 aliphatic heterocycles. The Morgan fingerprint density at radius 1 is 0.815 bits per heavy atom. The number of aliphatic hydroxyl groups excluding tert-OH is 2. The molecule has 0 bridgehead atoms. The van der Waals surface area contributed by atoms with Crippen LogP contribution in [0.25, 0.3) is 0 Å². The van der Waals surface area contributed by atoms with E-state index in [1.54, 1.807) is 0 Å². The zero-order valence-electron chi connectivity index (χ0n) is 14.5. The number of benzene rings is 1. The summed E-state index contributed by atoms with van der Waals surface area (Å²) in [4.78, 5) is 36.9. The average Bonchev–Trinajstić information content (AvgIpc) is 2.59. The lowest BCUT2D eigenvalue weighted by Gasteiger charge is -2.19. The molecule has 0 unspecified atom stereocenters. The molecule has 0 atom stereocenters. The number of nitrogens with one attached hydrogen (secondary N) is 3. The Morgan fingerprint density at radius 2 is 1.22 bits per heavy atom. The standard InChI is InChI=1S/C16H20I3N3O5/c1-8(25)22-14-12(18)9(15(26)20-4-2-6-23)11(17)10(13(14)19)16(27)21-5-3-7-24/h23-24H,2-7H2,1H3,(H,20,26)(H,21,27)(H,22,25). The lowest BCUT2D eigenvalue weighted by molar-refractivity contribution is -0.114. The third-order valence-electron chi connectivity index (χ3n) is 3.31. The molecule has 0 aromatic heterocycles. The zero-order chi connectivity index (χ0) is 20.6. The minimum atomic E-state index is -0.385. The molecule has 0 saturated heterocycles. The number of rotatable bonds is 9. The van der Waals surface area contributed by atoms with Crippen LogP contribution >= 0.6 is 67.8 Å². The summed E-state index contributed by atoms with van der Waals surface area (Å²) in [6.07, 6.45) is 0.826. The lowest BCUT2D eigenvalue weighted by atomic mass is 10.1. The van der Waals surface area contributed by atoms with Gasteiger partial charge < -0.3 is 26.2 Å². The van der Waals surface area contributed by atoms with E-state index in [1.165, 1.54) is 6.92 Å². The van der Waals surface area contributed by atoms with Crippen molar-refractivity contribution in [2.75, 3.05) is 31.6 Å². The van der Waals surface area contributed by atoms with Crippen molar-refractivity contribution in [3.05, 3.63) is 21.8 Å². The van der Waals surface area contributed by atoms with Crippen molar-refractivity contribution in [3.63, 3.8) is 0 Å². The lowest BCUT2D eigenvalue weighted by Crippen LogP contribution is -2.31. The quantitative estimate of drug-likeness (QED) is 0.197. The van der Waals surface area contributed by atoms with Crippen LogP contribution in [0.3, 0.4) is 0 Å². The Bertz CT molecular complexity index is 679. The van der Waals surface area contributed by atoms with Gasteiger partial charge in [-0.1, -0.05) is 0 Å². The van der Waals surface area contributed by atoms with E-state index in [4.69, 9.17) is 10.2 Å². The van der Waals surface area contributed by atoms with Crippen LogP contribution in [-0.2, 0) is 4.79 Å². The number of carbonyl (C=O) groups excluding carboxylic acids is 3. The van der Waals surface area contributed by atoms with Crippen LogP contribution in [-0.4, -0.2) is 54.2 Å². The highest BCUT2D eigenvalue weighted by molar-refractivity contribution is 14.1. The summed E-state index contributed by atoms with van der Waals surface area (Å²) >= 11 is 5.91. The molecule has 0 aliphatic carbocycles. The minimum absolute atomic E-state index is 0.0448. The van der Waals surface area contributed by atoms with Gasteiger partial charge in [0.2, 0.25) is 5.91 Å². The van der Waals surface area contributed by atoms with Gasteiger partial charge in [-0.05, 0) is 80.6 Å². The van der Waals surface area contributed by atoms with E-state index in [9.17, 15) is 14.4 Å². The molecule has 150 valence electrons. The van der Waals surface area contributed by atoms with Crippen molar-refractivity contribution in [2.24, 2.45) is 0 Å². The second-order valence-corrected chi connectivity index (χ2v) is 8.65. The molecule has 0 heterocycles. The molecule has 0 saturated carbocycles. The van der Waals surface area contributed by atoms with E-state index in [0.29, 0.717) is 53.5 Å². The van der Waals surface area contributed by atoms with Gasteiger partial charge in [-0.15, -0.1) is 0 Å². The van der Waals surface area contributed by atoms with Crippen LogP contribution in [0.15, 0.2) is 0 Å². The minimum Gasteiger partial charge on any atom is -0.396 e. The molecule has 5 N–H and O–H groups in total. The van der Waals surface area contributed by atoms with E-state index in [1.807, 2.05) is 67.8 Å². The predicted molar refractivity (Wildman–Crippen MR) is 127 cm³/mol. The Balaban J connectivity index is 3.43. The van der Waals surface area contributed by atoms with Gasteiger partial charge in [-0.25, -0.2) is 0 Å². The average molecular weight is 715 g/mol. The van der Waals surface area contributed by atoms with Crippen LogP contribution in [0.1, 0.15) is 40.5 Å². The molecule has 8 nitrogen and oxygen atoms in total. The SMILES string of the molecule is CC(=O)Nc1c(I)c(C(=O)NCCCO)c(I)c(C(=O)NCCCO)c1I. The Hall–Kier alpha value is -0.260. The second kappa shape index (κ2) is 12.3. The summed E-state index contributed by atoms with van der Waals surface area (Å²) in [5, 5.41) is 25.9. The van der Waals surface area contributed by atoms with Crippen LogP contribution in [0.5, 0.6) is 0 Å². The molecule has 1 aromatic rings. The maximum atomic E-state index is 12.7. The third kappa shape index (κ3) is 6.93. The van der Waals surface area contributed by atoms with E-state index in [0.717, 1.165) is 0 Å². The van der Waals surface area contributed by atoms with E-state index < -0.39 is 0 Å².